The van der Waals surface area contributed by atoms with Crippen LogP contribution in [0.25, 0.3) is 5.57 Å². The van der Waals surface area contributed by atoms with Crippen LogP contribution >= 0.6 is 0 Å². The number of hydrogen-bond donors (Lipinski definition) is 0. The first kappa shape index (κ1) is 19.6. The second-order valence-corrected chi connectivity index (χ2v) is 10.6. The van der Waals surface area contributed by atoms with E-state index in [1.165, 1.54) is 11.1 Å². The van der Waals surface area contributed by atoms with E-state index in [2.05, 4.69) is 35.2 Å². The monoisotopic (exact) mass is 402 g/mol. The Morgan fingerprint density at radius 3 is 2.43 bits per heavy atom. The Morgan fingerprint density at radius 1 is 1.07 bits per heavy atom. The van der Waals surface area contributed by atoms with Gasteiger partial charge < -0.3 is 4.90 Å². The zero-order chi connectivity index (χ0) is 19.6. The maximum atomic E-state index is 13.2. The van der Waals surface area contributed by atoms with Crippen molar-refractivity contribution in [2.75, 3.05) is 31.1 Å². The molecule has 1 aromatic carbocycles. The molecule has 0 bridgehead atoms. The van der Waals surface area contributed by atoms with Gasteiger partial charge in [0.15, 0.2) is 9.84 Å². The number of hydrogen-bond acceptors (Lipinski definition) is 4. The van der Waals surface area contributed by atoms with Crippen molar-refractivity contribution in [3.63, 3.8) is 0 Å². The Bertz CT molecular complexity index is 829. The topological polar surface area (TPSA) is 57.7 Å². The highest BCUT2D eigenvalue weighted by atomic mass is 32.2. The van der Waals surface area contributed by atoms with Crippen LogP contribution in [0.3, 0.4) is 0 Å². The third-order valence-electron chi connectivity index (χ3n) is 6.40. The van der Waals surface area contributed by atoms with Crippen LogP contribution in [0, 0.1) is 0 Å². The van der Waals surface area contributed by atoms with E-state index in [0.717, 1.165) is 45.2 Å². The first-order chi connectivity index (χ1) is 13.5. The lowest BCUT2D eigenvalue weighted by Crippen LogP contribution is -2.51. The lowest BCUT2D eigenvalue weighted by atomic mass is 9.99. The number of carbonyl (C=O) groups excluding carboxylic acids is 1. The Hall–Kier alpha value is -1.66. The van der Waals surface area contributed by atoms with Gasteiger partial charge in [0.1, 0.15) is 0 Å². The van der Waals surface area contributed by atoms with Gasteiger partial charge in [0.25, 0.3) is 0 Å². The van der Waals surface area contributed by atoms with Crippen molar-refractivity contribution in [2.24, 2.45) is 0 Å². The molecule has 6 heteroatoms. The Balaban J connectivity index is 1.41. The lowest BCUT2D eigenvalue weighted by molar-refractivity contribution is -0.136. The van der Waals surface area contributed by atoms with Crippen molar-refractivity contribution in [1.29, 1.82) is 0 Å². The highest BCUT2D eigenvalue weighted by Gasteiger charge is 2.39. The maximum absolute atomic E-state index is 13.2. The molecule has 1 aliphatic carbocycles. The van der Waals surface area contributed by atoms with Gasteiger partial charge in [-0.15, -0.1) is 0 Å². The van der Waals surface area contributed by atoms with Crippen LogP contribution in [0.5, 0.6) is 0 Å². The Labute approximate surface area is 168 Å². The molecule has 28 heavy (non-hydrogen) atoms. The molecule has 1 atom stereocenters. The fourth-order valence-electron chi connectivity index (χ4n) is 4.92. The zero-order valence-corrected chi connectivity index (χ0v) is 17.2. The maximum Gasteiger partial charge on any atom is 0.237 e. The first-order valence-corrected chi connectivity index (χ1v) is 12.3. The highest BCUT2D eigenvalue weighted by Crippen LogP contribution is 2.30. The summed E-state index contributed by atoms with van der Waals surface area (Å²) in [5.74, 6) is 0.486. The fourth-order valence-corrected chi connectivity index (χ4v) is 6.64. The van der Waals surface area contributed by atoms with Gasteiger partial charge in [-0.3, -0.25) is 9.69 Å². The smallest absolute Gasteiger partial charge is 0.237 e. The van der Waals surface area contributed by atoms with Crippen LogP contribution in [0.1, 0.15) is 44.1 Å². The van der Waals surface area contributed by atoms with E-state index in [4.69, 9.17) is 0 Å². The van der Waals surface area contributed by atoms with E-state index < -0.39 is 9.84 Å². The molecule has 0 spiro atoms. The molecule has 5 nitrogen and oxygen atoms in total. The Morgan fingerprint density at radius 2 is 1.82 bits per heavy atom. The summed E-state index contributed by atoms with van der Waals surface area (Å²) in [4.78, 5) is 17.4. The van der Waals surface area contributed by atoms with Gasteiger partial charge in [0.2, 0.25) is 5.91 Å². The molecule has 0 N–H and O–H groups in total. The van der Waals surface area contributed by atoms with Crippen molar-refractivity contribution < 1.29 is 13.2 Å². The molecule has 152 valence electrons. The lowest BCUT2D eigenvalue weighted by Gasteiger charge is -2.36. The van der Waals surface area contributed by atoms with Crippen molar-refractivity contribution >= 4 is 21.3 Å². The minimum atomic E-state index is -2.99. The van der Waals surface area contributed by atoms with Crippen LogP contribution in [0.15, 0.2) is 36.4 Å². The van der Waals surface area contributed by atoms with Crippen molar-refractivity contribution in [3.05, 3.63) is 42.0 Å². The van der Waals surface area contributed by atoms with Gasteiger partial charge in [0.05, 0.1) is 18.1 Å². The summed E-state index contributed by atoms with van der Waals surface area (Å²) in [5, 5.41) is 0. The molecule has 1 saturated carbocycles. The molecule has 1 amide bonds. The molecule has 2 aliphatic heterocycles. The minimum Gasteiger partial charge on any atom is -0.335 e. The van der Waals surface area contributed by atoms with Crippen LogP contribution < -0.4 is 0 Å². The summed E-state index contributed by atoms with van der Waals surface area (Å²) in [5.41, 5.74) is 2.61. The van der Waals surface area contributed by atoms with Crippen molar-refractivity contribution in [1.82, 2.24) is 9.80 Å². The van der Waals surface area contributed by atoms with Gasteiger partial charge in [-0.2, -0.15) is 0 Å². The number of benzene rings is 1. The third-order valence-corrected chi connectivity index (χ3v) is 8.15. The van der Waals surface area contributed by atoms with E-state index in [1.807, 2.05) is 11.0 Å². The van der Waals surface area contributed by atoms with Crippen LogP contribution in [-0.2, 0) is 14.6 Å². The summed E-state index contributed by atoms with van der Waals surface area (Å²) in [6.07, 6.45) is 8.08. The van der Waals surface area contributed by atoms with Crippen LogP contribution in [0.4, 0.5) is 0 Å². The average molecular weight is 403 g/mol. The standard InChI is InChI=1S/C22H30N2O3S/c25-22(16-23-13-10-19(11-14-23)18-6-2-1-3-7-18)24(20-8-4-5-9-20)21-12-15-28(26,27)17-21/h1-3,6-7,10,20-21H,4-5,8-9,11-17H2/t21-/m1/s1. The SMILES string of the molecule is O=C(CN1CC=C(c2ccccc2)CC1)N(C1CCCC1)[C@@H]1CCS(=O)(=O)C1. The summed E-state index contributed by atoms with van der Waals surface area (Å²) < 4.78 is 24.0. The van der Waals surface area contributed by atoms with Crippen molar-refractivity contribution in [3.8, 4) is 0 Å². The summed E-state index contributed by atoms with van der Waals surface area (Å²) in [7, 11) is -2.99. The molecule has 0 aromatic heterocycles. The molecule has 2 fully saturated rings. The molecular weight excluding hydrogens is 372 g/mol. The van der Waals surface area contributed by atoms with E-state index in [-0.39, 0.29) is 29.5 Å². The number of nitrogens with zero attached hydrogens (tertiary/aromatic N) is 2. The predicted molar refractivity (Wildman–Crippen MR) is 112 cm³/mol. The zero-order valence-electron chi connectivity index (χ0n) is 16.4. The minimum absolute atomic E-state index is 0.116. The number of sulfone groups is 1. The van der Waals surface area contributed by atoms with Crippen LogP contribution in [0.2, 0.25) is 0 Å². The van der Waals surface area contributed by atoms with E-state index in [0.29, 0.717) is 13.0 Å². The van der Waals surface area contributed by atoms with Gasteiger partial charge in [-0.25, -0.2) is 8.42 Å². The largest absolute Gasteiger partial charge is 0.335 e. The third kappa shape index (κ3) is 4.49. The first-order valence-electron chi connectivity index (χ1n) is 10.5. The second-order valence-electron chi connectivity index (χ2n) is 8.38. The molecule has 3 aliphatic rings. The Kier molecular flexibility index (Phi) is 5.88. The number of amides is 1. The van der Waals surface area contributed by atoms with Crippen molar-refractivity contribution in [2.45, 2.75) is 50.6 Å². The van der Waals surface area contributed by atoms with E-state index in [9.17, 15) is 13.2 Å². The molecule has 1 aromatic rings. The predicted octanol–water partition coefficient (Wildman–Crippen LogP) is 2.73. The fraction of sp³-hybridized carbons (Fsp3) is 0.591. The quantitative estimate of drug-likeness (QED) is 0.760. The summed E-state index contributed by atoms with van der Waals surface area (Å²) in [6.45, 7) is 2.04. The van der Waals surface area contributed by atoms with Gasteiger partial charge >= 0.3 is 0 Å². The average Bonchev–Trinajstić information content (AvgIpc) is 3.33. The molecule has 4 rings (SSSR count). The number of carbonyl (C=O) groups is 1. The normalized spacial score (nSPS) is 25.6. The molecule has 0 radical (unpaired) electrons. The van der Waals surface area contributed by atoms with Crippen LogP contribution in [-0.4, -0.2) is 67.3 Å². The molecule has 0 unspecified atom stereocenters. The van der Waals surface area contributed by atoms with E-state index >= 15 is 0 Å². The summed E-state index contributed by atoms with van der Waals surface area (Å²) >= 11 is 0. The van der Waals surface area contributed by atoms with Gasteiger partial charge in [-0.05, 0) is 36.8 Å². The molecule has 1 saturated heterocycles. The van der Waals surface area contributed by atoms with E-state index in [1.54, 1.807) is 0 Å². The van der Waals surface area contributed by atoms with Gasteiger partial charge in [0, 0.05) is 25.2 Å². The second kappa shape index (κ2) is 8.37. The number of rotatable bonds is 5. The molecular formula is C22H30N2O3S. The molecule has 2 heterocycles. The highest BCUT2D eigenvalue weighted by molar-refractivity contribution is 7.91. The van der Waals surface area contributed by atoms with Gasteiger partial charge in [-0.1, -0.05) is 49.2 Å². The summed E-state index contributed by atoms with van der Waals surface area (Å²) in [6, 6.07) is 10.5.